The molecule has 1 unspecified atom stereocenters. The van der Waals surface area contributed by atoms with Gasteiger partial charge in [-0.2, -0.15) is 13.2 Å². The molecule has 21 heavy (non-hydrogen) atoms. The number of alkyl halides is 3. The molecule has 118 valence electrons. The van der Waals surface area contributed by atoms with Crippen molar-refractivity contribution in [2.75, 3.05) is 7.05 Å². The van der Waals surface area contributed by atoms with E-state index in [1.165, 1.54) is 50.7 Å². The van der Waals surface area contributed by atoms with Gasteiger partial charge in [0.1, 0.15) is 0 Å². The Balaban J connectivity index is 2.09. The number of rotatable bonds is 4. The Morgan fingerprint density at radius 2 is 1.81 bits per heavy atom. The van der Waals surface area contributed by atoms with Gasteiger partial charge in [-0.05, 0) is 37.1 Å². The molecule has 2 rings (SSSR count). The largest absolute Gasteiger partial charge is 0.416 e. The van der Waals surface area contributed by atoms with Crippen molar-refractivity contribution in [1.29, 1.82) is 0 Å². The number of hydrogen-bond acceptors (Lipinski definition) is 1. The lowest BCUT2D eigenvalue weighted by atomic mass is 9.89. The van der Waals surface area contributed by atoms with Crippen LogP contribution in [0.2, 0.25) is 0 Å². The van der Waals surface area contributed by atoms with Crippen LogP contribution in [0.3, 0.4) is 0 Å². The molecule has 1 aliphatic rings. The van der Waals surface area contributed by atoms with Crippen LogP contribution in [0, 0.1) is 5.92 Å². The summed E-state index contributed by atoms with van der Waals surface area (Å²) in [6.45, 7) is 0. The summed E-state index contributed by atoms with van der Waals surface area (Å²) >= 11 is 0. The van der Waals surface area contributed by atoms with E-state index in [0.717, 1.165) is 18.1 Å². The van der Waals surface area contributed by atoms with Gasteiger partial charge in [-0.15, -0.1) is 0 Å². The topological polar surface area (TPSA) is 12.0 Å². The van der Waals surface area contributed by atoms with Crippen LogP contribution >= 0.6 is 0 Å². The predicted octanol–water partition coefficient (Wildman–Crippen LogP) is 5.33. The minimum absolute atomic E-state index is 0.00963. The highest BCUT2D eigenvalue weighted by atomic mass is 19.4. The summed E-state index contributed by atoms with van der Waals surface area (Å²) in [5.74, 6) is 0.625. The van der Waals surface area contributed by atoms with Gasteiger partial charge in [-0.25, -0.2) is 0 Å². The molecular formula is C17H24F3N. The Bertz CT molecular complexity index is 434. The molecule has 0 amide bonds. The summed E-state index contributed by atoms with van der Waals surface area (Å²) in [5.41, 5.74) is 0.192. The molecule has 1 fully saturated rings. The van der Waals surface area contributed by atoms with Crippen molar-refractivity contribution < 1.29 is 13.2 Å². The van der Waals surface area contributed by atoms with E-state index in [0.29, 0.717) is 5.92 Å². The summed E-state index contributed by atoms with van der Waals surface area (Å²) in [4.78, 5) is 0. The Hall–Kier alpha value is -1.03. The molecule has 0 bridgehead atoms. The van der Waals surface area contributed by atoms with Gasteiger partial charge in [0, 0.05) is 6.04 Å². The SMILES string of the molecule is CNC(CC1CCCCCC1)c1cccc(C(F)(F)F)c1. The quantitative estimate of drug-likeness (QED) is 0.741. The second kappa shape index (κ2) is 7.30. The fraction of sp³-hybridized carbons (Fsp3) is 0.647. The van der Waals surface area contributed by atoms with E-state index < -0.39 is 11.7 Å². The van der Waals surface area contributed by atoms with Gasteiger partial charge >= 0.3 is 6.18 Å². The molecule has 0 spiro atoms. The summed E-state index contributed by atoms with van der Waals surface area (Å²) in [7, 11) is 1.83. The van der Waals surface area contributed by atoms with Crippen LogP contribution in [0.5, 0.6) is 0 Å². The fourth-order valence-electron chi connectivity index (χ4n) is 3.29. The van der Waals surface area contributed by atoms with Gasteiger partial charge in [0.05, 0.1) is 5.56 Å². The van der Waals surface area contributed by atoms with Crippen molar-refractivity contribution in [3.63, 3.8) is 0 Å². The van der Waals surface area contributed by atoms with Crippen LogP contribution in [-0.2, 0) is 6.18 Å². The Morgan fingerprint density at radius 3 is 2.38 bits per heavy atom. The van der Waals surface area contributed by atoms with E-state index in [1.807, 2.05) is 7.05 Å². The first-order chi connectivity index (χ1) is 10.0. The van der Waals surface area contributed by atoms with E-state index in [2.05, 4.69) is 5.32 Å². The van der Waals surface area contributed by atoms with E-state index in [4.69, 9.17) is 0 Å². The minimum atomic E-state index is -4.27. The molecule has 1 N–H and O–H groups in total. The second-order valence-corrected chi connectivity index (χ2v) is 6.06. The number of benzene rings is 1. The fourth-order valence-corrected chi connectivity index (χ4v) is 3.29. The number of hydrogen-bond donors (Lipinski definition) is 1. The maximum atomic E-state index is 12.8. The maximum absolute atomic E-state index is 12.8. The van der Waals surface area contributed by atoms with E-state index in [1.54, 1.807) is 6.07 Å². The second-order valence-electron chi connectivity index (χ2n) is 6.06. The number of halogens is 3. The van der Waals surface area contributed by atoms with Gasteiger partial charge in [0.25, 0.3) is 0 Å². The lowest BCUT2D eigenvalue weighted by Gasteiger charge is -2.23. The van der Waals surface area contributed by atoms with E-state index in [-0.39, 0.29) is 6.04 Å². The molecule has 0 radical (unpaired) electrons. The summed E-state index contributed by atoms with van der Waals surface area (Å²) < 4.78 is 38.5. The molecule has 0 saturated heterocycles. The molecule has 0 heterocycles. The van der Waals surface area contributed by atoms with E-state index >= 15 is 0 Å². The molecule has 1 aromatic rings. The molecule has 4 heteroatoms. The molecule has 1 nitrogen and oxygen atoms in total. The predicted molar refractivity (Wildman–Crippen MR) is 79.1 cm³/mol. The van der Waals surface area contributed by atoms with Gasteiger partial charge in [0.15, 0.2) is 0 Å². The molecule has 1 aliphatic carbocycles. The molecule has 1 aromatic carbocycles. The summed E-state index contributed by atoms with van der Waals surface area (Å²) in [6, 6.07) is 5.75. The van der Waals surface area contributed by atoms with Crippen molar-refractivity contribution in [2.45, 2.75) is 57.2 Å². The van der Waals surface area contributed by atoms with E-state index in [9.17, 15) is 13.2 Å². The highest BCUT2D eigenvalue weighted by molar-refractivity contribution is 5.28. The Morgan fingerprint density at radius 1 is 1.14 bits per heavy atom. The van der Waals surface area contributed by atoms with Crippen LogP contribution in [-0.4, -0.2) is 7.05 Å². The average molecular weight is 299 g/mol. The van der Waals surface area contributed by atoms with Crippen LogP contribution in [0.15, 0.2) is 24.3 Å². The van der Waals surface area contributed by atoms with Crippen LogP contribution in [0.25, 0.3) is 0 Å². The normalized spacial score (nSPS) is 19.2. The first kappa shape index (κ1) is 16.3. The third-order valence-corrected chi connectivity index (χ3v) is 4.51. The smallest absolute Gasteiger partial charge is 0.313 e. The van der Waals surface area contributed by atoms with Crippen molar-refractivity contribution in [3.05, 3.63) is 35.4 Å². The molecule has 0 aromatic heterocycles. The van der Waals surface area contributed by atoms with Crippen LogP contribution in [0.1, 0.15) is 62.1 Å². The standard InChI is InChI=1S/C17H24F3N/c1-21-16(11-13-7-4-2-3-5-8-13)14-9-6-10-15(12-14)17(18,19)20/h6,9-10,12-13,16,21H,2-5,7-8,11H2,1H3. The lowest BCUT2D eigenvalue weighted by Crippen LogP contribution is -2.20. The van der Waals surface area contributed by atoms with Gasteiger partial charge < -0.3 is 5.32 Å². The molecule has 0 aliphatic heterocycles. The summed E-state index contributed by atoms with van der Waals surface area (Å²) in [6.07, 6.45) is 4.17. The van der Waals surface area contributed by atoms with Crippen LogP contribution in [0.4, 0.5) is 13.2 Å². The summed E-state index contributed by atoms with van der Waals surface area (Å²) in [5, 5.41) is 3.20. The lowest BCUT2D eigenvalue weighted by molar-refractivity contribution is -0.137. The maximum Gasteiger partial charge on any atom is 0.416 e. The third kappa shape index (κ3) is 4.73. The van der Waals surface area contributed by atoms with Crippen molar-refractivity contribution in [2.24, 2.45) is 5.92 Å². The van der Waals surface area contributed by atoms with Crippen molar-refractivity contribution >= 4 is 0 Å². The van der Waals surface area contributed by atoms with Gasteiger partial charge in [0.2, 0.25) is 0 Å². The molecular weight excluding hydrogens is 275 g/mol. The van der Waals surface area contributed by atoms with Gasteiger partial charge in [-0.1, -0.05) is 50.7 Å². The molecule has 1 atom stereocenters. The van der Waals surface area contributed by atoms with Crippen LogP contribution < -0.4 is 5.32 Å². The minimum Gasteiger partial charge on any atom is -0.313 e. The Kier molecular flexibility index (Phi) is 5.68. The zero-order chi connectivity index (χ0) is 15.3. The monoisotopic (exact) mass is 299 g/mol. The molecule has 1 saturated carbocycles. The van der Waals surface area contributed by atoms with Crippen molar-refractivity contribution in [1.82, 2.24) is 5.32 Å². The average Bonchev–Trinajstić information content (AvgIpc) is 2.72. The first-order valence-electron chi connectivity index (χ1n) is 7.85. The third-order valence-electron chi connectivity index (χ3n) is 4.51. The van der Waals surface area contributed by atoms with Crippen molar-refractivity contribution in [3.8, 4) is 0 Å². The first-order valence-corrected chi connectivity index (χ1v) is 7.85. The Labute approximate surface area is 124 Å². The zero-order valence-electron chi connectivity index (χ0n) is 12.5. The number of nitrogens with one attached hydrogen (secondary N) is 1. The van der Waals surface area contributed by atoms with Gasteiger partial charge in [-0.3, -0.25) is 0 Å². The highest BCUT2D eigenvalue weighted by Gasteiger charge is 2.31. The zero-order valence-corrected chi connectivity index (χ0v) is 12.5. The highest BCUT2D eigenvalue weighted by Crippen LogP contribution is 2.34.